The van der Waals surface area contributed by atoms with Crippen LogP contribution in [0.2, 0.25) is 0 Å². The topological polar surface area (TPSA) is 105 Å². The van der Waals surface area contributed by atoms with E-state index in [2.05, 4.69) is 112 Å². The van der Waals surface area contributed by atoms with E-state index in [1.54, 1.807) is 17.9 Å². The number of aliphatic imine (C=N–C) groups is 1. The fraction of sp³-hybridized carbons (Fsp3) is 0.549. The Morgan fingerprint density at radius 3 is 2.51 bits per heavy atom. The first-order chi connectivity index (χ1) is 31.0. The summed E-state index contributed by atoms with van der Waals surface area (Å²) < 4.78 is 29.1. The number of aryl methyl sites for hydroxylation is 1. The molecule has 65 heavy (non-hydrogen) atoms. The van der Waals surface area contributed by atoms with Crippen molar-refractivity contribution in [3.63, 3.8) is 0 Å². The summed E-state index contributed by atoms with van der Waals surface area (Å²) in [6.07, 6.45) is 21.7. The monoisotopic (exact) mass is 1060 g/mol. The molecule has 352 valence electrons. The van der Waals surface area contributed by atoms with Crippen molar-refractivity contribution in [1.82, 2.24) is 24.9 Å². The van der Waals surface area contributed by atoms with E-state index in [4.69, 9.17) is 4.99 Å². The molecule has 3 N–H and O–H groups in total. The van der Waals surface area contributed by atoms with Crippen molar-refractivity contribution in [1.29, 1.82) is 0 Å². The molecular formula is C51H72F2N11W-. The van der Waals surface area contributed by atoms with Crippen LogP contribution in [0.3, 0.4) is 0 Å². The minimum atomic E-state index is -2.51. The van der Waals surface area contributed by atoms with E-state index in [1.807, 2.05) is 30.1 Å². The summed E-state index contributed by atoms with van der Waals surface area (Å²) in [5, 5.41) is 22.1. The van der Waals surface area contributed by atoms with Crippen LogP contribution in [0.1, 0.15) is 133 Å². The Kier molecular flexibility index (Phi) is 20.0. The second-order valence-corrected chi connectivity index (χ2v) is 17.8. The second kappa shape index (κ2) is 25.3. The van der Waals surface area contributed by atoms with Gasteiger partial charge in [-0.1, -0.05) is 88.8 Å². The SMILES string of the molecule is C=CC(CCC(=C)NC)N1C(=C)N(C)c2c(C#CCCC3CC[N-]CC3)cccc21.C=Cc1cnn2c1NC(=NC1CCC(C)C1)CC2.CNc1cn(C2CCCCC2)nc1C(F)F.[W]. The number of piperidine rings is 1. The van der Waals surface area contributed by atoms with Crippen LogP contribution in [0.15, 0.2) is 79.5 Å². The van der Waals surface area contributed by atoms with Gasteiger partial charge in [0.25, 0.3) is 6.43 Å². The van der Waals surface area contributed by atoms with Crippen LogP contribution in [0.5, 0.6) is 0 Å². The molecule has 8 rings (SSSR count). The van der Waals surface area contributed by atoms with Gasteiger partial charge in [-0.25, -0.2) is 13.5 Å². The standard InChI is InChI=1S/C26H35N4.C14H20N4.C11H17F2N3.W/c1-6-24(15-14-20(2)27-4)30-21(3)29(5)26-23(12-9-13-25(26)30)11-8-7-10-22-16-18-28-19-17-22;1-3-11-9-15-18-7-6-13(17-14(11)18)16-12-5-4-10(2)8-12;1-14-9-7-16(15-10(9)11(12)13)8-5-3-2-4-6-8;/h6,9,12-13,22,24,27H,1-3,7,10,14-19H2,4-5H3;3,9-10,12H,1,4-8H2,2H3,(H,16,17);7-8,11,14H,2-6H2,1H3;/q-1;;;. The molecule has 2 aromatic heterocycles. The predicted octanol–water partition coefficient (Wildman–Crippen LogP) is 11.7. The predicted molar refractivity (Wildman–Crippen MR) is 263 cm³/mol. The molecule has 5 heterocycles. The smallest absolute Gasteiger partial charge is 0.284 e. The van der Waals surface area contributed by atoms with Gasteiger partial charge in [0.15, 0.2) is 5.69 Å². The molecule has 14 heteroatoms. The van der Waals surface area contributed by atoms with E-state index in [0.29, 0.717) is 17.8 Å². The van der Waals surface area contributed by atoms with E-state index < -0.39 is 6.43 Å². The number of hydrogen-bond acceptors (Lipinski definition) is 7. The van der Waals surface area contributed by atoms with Gasteiger partial charge in [0, 0.05) is 72.5 Å². The number of fused-ring (bicyclic) bond motifs is 2. The van der Waals surface area contributed by atoms with Crippen molar-refractivity contribution in [3.8, 4) is 11.8 Å². The van der Waals surface area contributed by atoms with Gasteiger partial charge in [-0.15, -0.1) is 19.7 Å². The maximum Gasteiger partial charge on any atom is 0.284 e. The van der Waals surface area contributed by atoms with Gasteiger partial charge in [0.2, 0.25) is 0 Å². The number of halogens is 2. The first-order valence-corrected chi connectivity index (χ1v) is 23.6. The summed E-state index contributed by atoms with van der Waals surface area (Å²) in [5.74, 6) is 11.6. The zero-order valence-electron chi connectivity index (χ0n) is 39.3. The molecule has 2 aliphatic carbocycles. The number of hydrogen-bond donors (Lipinski definition) is 3. The number of benzene rings is 1. The van der Waals surface area contributed by atoms with Gasteiger partial charge >= 0.3 is 0 Å². The number of para-hydroxylation sites is 1. The summed E-state index contributed by atoms with van der Waals surface area (Å²) in [5.41, 5.74) is 5.77. The third-order valence-electron chi connectivity index (χ3n) is 13.4. The summed E-state index contributed by atoms with van der Waals surface area (Å²) in [6.45, 7) is 21.6. The molecule has 5 aliphatic rings. The van der Waals surface area contributed by atoms with Gasteiger partial charge < -0.3 is 31.1 Å². The summed E-state index contributed by atoms with van der Waals surface area (Å²) in [7, 11) is 5.64. The van der Waals surface area contributed by atoms with Crippen molar-refractivity contribution < 1.29 is 29.8 Å². The fourth-order valence-corrected chi connectivity index (χ4v) is 9.47. The third kappa shape index (κ3) is 13.5. The normalized spacial score (nSPS) is 20.4. The van der Waals surface area contributed by atoms with E-state index in [-0.39, 0.29) is 32.8 Å². The number of aromatic nitrogens is 4. The number of alkyl halides is 2. The Morgan fingerprint density at radius 2 is 1.86 bits per heavy atom. The quantitative estimate of drug-likeness (QED) is 0.116. The number of allylic oxidation sites excluding steroid dienone is 1. The number of rotatable bonds is 13. The Hall–Kier alpha value is -4.66. The Balaban J connectivity index is 0.000000194. The maximum atomic E-state index is 12.7. The third-order valence-corrected chi connectivity index (χ3v) is 13.4. The molecule has 0 spiro atoms. The molecule has 0 radical (unpaired) electrons. The molecule has 3 aliphatic heterocycles. The minimum Gasteiger partial charge on any atom is -0.662 e. The van der Waals surface area contributed by atoms with Crippen molar-refractivity contribution in [2.24, 2.45) is 16.8 Å². The molecule has 3 unspecified atom stereocenters. The van der Waals surface area contributed by atoms with Crippen LogP contribution in [0.4, 0.5) is 31.7 Å². The van der Waals surface area contributed by atoms with Crippen LogP contribution in [0, 0.1) is 23.7 Å². The van der Waals surface area contributed by atoms with E-state index in [9.17, 15) is 8.78 Å². The van der Waals surface area contributed by atoms with Crippen LogP contribution < -0.4 is 25.8 Å². The minimum absolute atomic E-state index is 0. The number of amidine groups is 1. The van der Waals surface area contributed by atoms with Crippen molar-refractivity contribution >= 4 is 34.8 Å². The van der Waals surface area contributed by atoms with E-state index >= 15 is 0 Å². The Morgan fingerprint density at radius 1 is 1.09 bits per heavy atom. The van der Waals surface area contributed by atoms with Gasteiger partial charge in [-0.05, 0) is 75.3 Å². The molecule has 1 aromatic carbocycles. The molecule has 11 nitrogen and oxygen atoms in total. The average molecular weight is 1060 g/mol. The molecule has 3 atom stereocenters. The van der Waals surface area contributed by atoms with Crippen molar-refractivity contribution in [2.75, 3.05) is 54.7 Å². The zero-order valence-corrected chi connectivity index (χ0v) is 42.2. The largest absolute Gasteiger partial charge is 0.662 e. The first-order valence-electron chi connectivity index (χ1n) is 23.6. The Bertz CT molecular complexity index is 2140. The van der Waals surface area contributed by atoms with Crippen molar-refractivity contribution in [3.05, 3.63) is 96.6 Å². The molecular weight excluding hydrogens is 988 g/mol. The average Bonchev–Trinajstić information content (AvgIpc) is 4.11. The van der Waals surface area contributed by atoms with Gasteiger partial charge in [-0.3, -0.25) is 9.67 Å². The molecule has 1 saturated heterocycles. The molecule has 3 aromatic rings. The van der Waals surface area contributed by atoms with Gasteiger partial charge in [-0.2, -0.15) is 10.2 Å². The molecule has 2 saturated carbocycles. The van der Waals surface area contributed by atoms with Gasteiger partial charge in [0.05, 0.1) is 53.5 Å². The summed E-state index contributed by atoms with van der Waals surface area (Å²) >= 11 is 0. The Labute approximate surface area is 402 Å². The van der Waals surface area contributed by atoms with Crippen LogP contribution in [-0.2, 0) is 27.6 Å². The molecule has 0 amide bonds. The fourth-order valence-electron chi connectivity index (χ4n) is 9.47. The zero-order chi connectivity index (χ0) is 45.6. The second-order valence-electron chi connectivity index (χ2n) is 17.8. The molecule has 0 bridgehead atoms. The summed E-state index contributed by atoms with van der Waals surface area (Å²) in [4.78, 5) is 9.31. The van der Waals surface area contributed by atoms with Crippen molar-refractivity contribution in [2.45, 2.75) is 134 Å². The maximum absolute atomic E-state index is 12.7. The number of nitrogens with zero attached hydrogens (tertiary/aromatic N) is 8. The first kappa shape index (κ1) is 51.3. The van der Waals surface area contributed by atoms with E-state index in [0.717, 1.165) is 116 Å². The van der Waals surface area contributed by atoms with Crippen LogP contribution in [-0.4, -0.2) is 71.7 Å². The van der Waals surface area contributed by atoms with Crippen LogP contribution in [0.25, 0.3) is 11.4 Å². The van der Waals surface area contributed by atoms with E-state index in [1.165, 1.54) is 57.8 Å². The van der Waals surface area contributed by atoms with Gasteiger partial charge in [0.1, 0.15) is 17.5 Å². The van der Waals surface area contributed by atoms with Crippen LogP contribution >= 0.6 is 0 Å². The number of nitrogens with one attached hydrogen (secondary N) is 3. The number of anilines is 4. The molecule has 3 fully saturated rings. The summed E-state index contributed by atoms with van der Waals surface area (Å²) in [6, 6.07) is 7.34.